The number of rotatable bonds is 3. The molecule has 1 aliphatic heterocycles. The third-order valence-electron chi connectivity index (χ3n) is 4.61. The number of amides is 1. The summed E-state index contributed by atoms with van der Waals surface area (Å²) in [5.41, 5.74) is 1.74. The highest BCUT2D eigenvalue weighted by atomic mass is 19.1. The standard InChI is InChI=1S/C19H18FN3O3/c20-15-4-2-1-3-14(15)12-23-16-6-5-13(11-17(16)26-19(23)25)18(24)22-9-7-21-8-10-22/h1-6,11,21H,7-10,12H2. The first-order chi connectivity index (χ1) is 12.6. The van der Waals surface area contributed by atoms with Crippen LogP contribution in [0.1, 0.15) is 15.9 Å². The molecule has 0 saturated carbocycles. The molecule has 2 aromatic carbocycles. The average Bonchev–Trinajstić information content (AvgIpc) is 2.98. The van der Waals surface area contributed by atoms with E-state index >= 15 is 0 Å². The number of benzene rings is 2. The van der Waals surface area contributed by atoms with Crippen LogP contribution in [0.15, 0.2) is 51.7 Å². The van der Waals surface area contributed by atoms with Gasteiger partial charge in [0.1, 0.15) is 5.82 Å². The van der Waals surface area contributed by atoms with Gasteiger partial charge in [0.05, 0.1) is 12.1 Å². The van der Waals surface area contributed by atoms with E-state index in [0.717, 1.165) is 13.1 Å². The molecule has 0 spiro atoms. The van der Waals surface area contributed by atoms with Crippen molar-refractivity contribution in [3.63, 3.8) is 0 Å². The molecular weight excluding hydrogens is 337 g/mol. The van der Waals surface area contributed by atoms with Crippen molar-refractivity contribution in [1.82, 2.24) is 14.8 Å². The van der Waals surface area contributed by atoms with Crippen molar-refractivity contribution >= 4 is 17.0 Å². The van der Waals surface area contributed by atoms with Crippen LogP contribution in [0, 0.1) is 5.82 Å². The van der Waals surface area contributed by atoms with Gasteiger partial charge in [0.25, 0.3) is 5.91 Å². The van der Waals surface area contributed by atoms with Crippen molar-refractivity contribution in [2.45, 2.75) is 6.54 Å². The van der Waals surface area contributed by atoms with Gasteiger partial charge in [-0.25, -0.2) is 9.18 Å². The third-order valence-corrected chi connectivity index (χ3v) is 4.61. The molecule has 1 saturated heterocycles. The number of oxazole rings is 1. The monoisotopic (exact) mass is 355 g/mol. The summed E-state index contributed by atoms with van der Waals surface area (Å²) >= 11 is 0. The Morgan fingerprint density at radius 2 is 1.92 bits per heavy atom. The number of hydrogen-bond donors (Lipinski definition) is 1. The van der Waals surface area contributed by atoms with Crippen LogP contribution in [0.25, 0.3) is 11.1 Å². The number of piperazine rings is 1. The normalized spacial score (nSPS) is 14.7. The Bertz CT molecular complexity index is 1020. The summed E-state index contributed by atoms with van der Waals surface area (Å²) in [5.74, 6) is -1.04. The topological polar surface area (TPSA) is 67.5 Å². The fourth-order valence-electron chi connectivity index (χ4n) is 3.20. The first-order valence-electron chi connectivity index (χ1n) is 8.50. The van der Waals surface area contributed by atoms with E-state index in [0.29, 0.717) is 35.3 Å². The molecule has 1 amide bonds. The van der Waals surface area contributed by atoms with Crippen LogP contribution in [-0.2, 0) is 6.54 Å². The van der Waals surface area contributed by atoms with E-state index in [9.17, 15) is 14.0 Å². The number of nitrogens with zero attached hydrogens (tertiary/aromatic N) is 2. The Balaban J connectivity index is 1.67. The summed E-state index contributed by atoms with van der Waals surface area (Å²) in [4.78, 5) is 26.6. The minimum Gasteiger partial charge on any atom is -0.408 e. The SMILES string of the molecule is O=C(c1ccc2c(c1)oc(=O)n2Cc1ccccc1F)N1CCNCC1. The van der Waals surface area contributed by atoms with Crippen LogP contribution in [0.2, 0.25) is 0 Å². The molecule has 1 N–H and O–H groups in total. The first kappa shape index (κ1) is 16.5. The fourth-order valence-corrected chi connectivity index (χ4v) is 3.20. The summed E-state index contributed by atoms with van der Waals surface area (Å²) in [5, 5.41) is 3.20. The fraction of sp³-hybridized carbons (Fsp3) is 0.263. The van der Waals surface area contributed by atoms with E-state index < -0.39 is 5.76 Å². The molecular formula is C19H18FN3O3. The maximum atomic E-state index is 13.9. The van der Waals surface area contributed by atoms with E-state index in [-0.39, 0.29) is 18.3 Å². The minimum absolute atomic E-state index is 0.0730. The predicted molar refractivity (Wildman–Crippen MR) is 94.7 cm³/mol. The quantitative estimate of drug-likeness (QED) is 0.778. The van der Waals surface area contributed by atoms with Crippen LogP contribution in [0.5, 0.6) is 0 Å². The molecule has 0 unspecified atom stereocenters. The number of hydrogen-bond acceptors (Lipinski definition) is 4. The van der Waals surface area contributed by atoms with Crippen LogP contribution in [0.4, 0.5) is 4.39 Å². The van der Waals surface area contributed by atoms with Gasteiger partial charge in [-0.05, 0) is 24.3 Å². The van der Waals surface area contributed by atoms with Gasteiger partial charge < -0.3 is 14.6 Å². The lowest BCUT2D eigenvalue weighted by atomic mass is 10.1. The second-order valence-electron chi connectivity index (χ2n) is 6.27. The predicted octanol–water partition coefficient (Wildman–Crippen LogP) is 1.83. The smallest absolute Gasteiger partial charge is 0.408 e. The molecule has 1 aromatic heterocycles. The average molecular weight is 355 g/mol. The van der Waals surface area contributed by atoms with Gasteiger partial charge in [-0.3, -0.25) is 9.36 Å². The molecule has 3 aromatic rings. The van der Waals surface area contributed by atoms with E-state index in [4.69, 9.17) is 4.42 Å². The lowest BCUT2D eigenvalue weighted by Gasteiger charge is -2.27. The number of carbonyl (C=O) groups excluding carboxylic acids is 1. The minimum atomic E-state index is -0.574. The van der Waals surface area contributed by atoms with Crippen LogP contribution >= 0.6 is 0 Å². The summed E-state index contributed by atoms with van der Waals surface area (Å²) < 4.78 is 20.5. The largest absolute Gasteiger partial charge is 0.420 e. The highest BCUT2D eigenvalue weighted by molar-refractivity contribution is 5.97. The third kappa shape index (κ3) is 3.01. The van der Waals surface area contributed by atoms with Gasteiger partial charge >= 0.3 is 5.76 Å². The molecule has 0 bridgehead atoms. The molecule has 2 heterocycles. The molecule has 0 atom stereocenters. The van der Waals surface area contributed by atoms with Gasteiger partial charge in [-0.1, -0.05) is 18.2 Å². The van der Waals surface area contributed by atoms with E-state index in [1.165, 1.54) is 10.6 Å². The van der Waals surface area contributed by atoms with Gasteiger partial charge in [-0.2, -0.15) is 0 Å². The number of carbonyl (C=O) groups is 1. The van der Waals surface area contributed by atoms with Crippen LogP contribution in [0.3, 0.4) is 0 Å². The zero-order chi connectivity index (χ0) is 18.1. The van der Waals surface area contributed by atoms with Crippen molar-refractivity contribution in [1.29, 1.82) is 0 Å². The number of aromatic nitrogens is 1. The Kier molecular flexibility index (Phi) is 4.30. The molecule has 4 rings (SSSR count). The Hall–Kier alpha value is -2.93. The lowest BCUT2D eigenvalue weighted by Crippen LogP contribution is -2.46. The number of fused-ring (bicyclic) bond motifs is 1. The van der Waals surface area contributed by atoms with Crippen molar-refractivity contribution < 1.29 is 13.6 Å². The molecule has 26 heavy (non-hydrogen) atoms. The molecule has 0 aliphatic carbocycles. The number of nitrogens with one attached hydrogen (secondary N) is 1. The highest BCUT2D eigenvalue weighted by Gasteiger charge is 2.20. The van der Waals surface area contributed by atoms with Crippen molar-refractivity contribution in [2.75, 3.05) is 26.2 Å². The second-order valence-corrected chi connectivity index (χ2v) is 6.27. The molecule has 1 aliphatic rings. The van der Waals surface area contributed by atoms with Gasteiger partial charge in [-0.15, -0.1) is 0 Å². The molecule has 6 nitrogen and oxygen atoms in total. The van der Waals surface area contributed by atoms with Gasteiger partial charge in [0, 0.05) is 37.3 Å². The van der Waals surface area contributed by atoms with Gasteiger partial charge in [0.15, 0.2) is 5.58 Å². The first-order valence-corrected chi connectivity index (χ1v) is 8.50. The summed E-state index contributed by atoms with van der Waals surface area (Å²) in [6.45, 7) is 2.90. The summed E-state index contributed by atoms with van der Waals surface area (Å²) in [7, 11) is 0. The van der Waals surface area contributed by atoms with Crippen LogP contribution < -0.4 is 11.1 Å². The zero-order valence-corrected chi connectivity index (χ0v) is 14.1. The van der Waals surface area contributed by atoms with Gasteiger partial charge in [0.2, 0.25) is 0 Å². The Labute approximate surface area is 148 Å². The zero-order valence-electron chi connectivity index (χ0n) is 14.1. The van der Waals surface area contributed by atoms with Crippen molar-refractivity contribution in [3.05, 3.63) is 70.0 Å². The summed E-state index contributed by atoms with van der Waals surface area (Å²) in [6.07, 6.45) is 0. The van der Waals surface area contributed by atoms with Crippen molar-refractivity contribution in [2.24, 2.45) is 0 Å². The number of halogens is 1. The second kappa shape index (κ2) is 6.76. The van der Waals surface area contributed by atoms with E-state index in [1.807, 2.05) is 0 Å². The maximum Gasteiger partial charge on any atom is 0.420 e. The summed E-state index contributed by atoms with van der Waals surface area (Å²) in [6, 6.07) is 11.2. The molecule has 134 valence electrons. The van der Waals surface area contributed by atoms with E-state index in [2.05, 4.69) is 5.32 Å². The molecule has 1 fully saturated rings. The molecule has 0 radical (unpaired) electrons. The van der Waals surface area contributed by atoms with Crippen molar-refractivity contribution in [3.8, 4) is 0 Å². The molecule has 7 heteroatoms. The maximum absolute atomic E-state index is 13.9. The Morgan fingerprint density at radius 1 is 1.15 bits per heavy atom. The van der Waals surface area contributed by atoms with E-state index in [1.54, 1.807) is 41.3 Å². The highest BCUT2D eigenvalue weighted by Crippen LogP contribution is 2.18. The Morgan fingerprint density at radius 3 is 2.69 bits per heavy atom. The lowest BCUT2D eigenvalue weighted by molar-refractivity contribution is 0.0736. The van der Waals surface area contributed by atoms with Crippen LogP contribution in [-0.4, -0.2) is 41.6 Å².